The summed E-state index contributed by atoms with van der Waals surface area (Å²) in [6, 6.07) is 0.239. The summed E-state index contributed by atoms with van der Waals surface area (Å²) < 4.78 is 0. The van der Waals surface area contributed by atoms with Crippen LogP contribution in [0, 0.1) is 17.8 Å². The van der Waals surface area contributed by atoms with Gasteiger partial charge in [0.2, 0.25) is 11.8 Å². The Morgan fingerprint density at radius 2 is 1.67 bits per heavy atom. The highest BCUT2D eigenvalue weighted by atomic mass is 35.5. The number of carbonyl (C=O) groups is 2. The smallest absolute Gasteiger partial charge is 0.233 e. The highest BCUT2D eigenvalue weighted by Gasteiger charge is 2.43. The third-order valence-corrected chi connectivity index (χ3v) is 5.87. The third kappa shape index (κ3) is 5.09. The minimum atomic E-state index is 0. The van der Waals surface area contributed by atoms with E-state index in [1.807, 2.05) is 0 Å². The zero-order valence-electron chi connectivity index (χ0n) is 14.8. The Balaban J connectivity index is 0.00000208. The van der Waals surface area contributed by atoms with Crippen LogP contribution in [0.1, 0.15) is 51.4 Å². The molecule has 3 rings (SSSR count). The normalized spacial score (nSPS) is 28.7. The van der Waals surface area contributed by atoms with Gasteiger partial charge in [0.15, 0.2) is 0 Å². The van der Waals surface area contributed by atoms with Crippen molar-refractivity contribution in [2.24, 2.45) is 17.8 Å². The number of carbonyl (C=O) groups excluding carboxylic acids is 2. The minimum absolute atomic E-state index is 0. The first-order chi connectivity index (χ1) is 11.2. The van der Waals surface area contributed by atoms with Gasteiger partial charge >= 0.3 is 0 Å². The molecule has 2 aliphatic carbocycles. The Morgan fingerprint density at radius 3 is 2.25 bits per heavy atom. The fourth-order valence-electron chi connectivity index (χ4n) is 4.32. The quantitative estimate of drug-likeness (QED) is 0.739. The molecule has 0 unspecified atom stereocenters. The van der Waals surface area contributed by atoms with Crippen molar-refractivity contribution in [3.05, 3.63) is 0 Å². The highest BCUT2D eigenvalue weighted by Crippen LogP contribution is 2.41. The topological polar surface area (TPSA) is 61.4 Å². The first-order valence-electron chi connectivity index (χ1n) is 9.40. The number of halogens is 1. The molecule has 138 valence electrons. The van der Waals surface area contributed by atoms with Crippen molar-refractivity contribution < 1.29 is 9.59 Å². The summed E-state index contributed by atoms with van der Waals surface area (Å²) in [4.78, 5) is 26.5. The Bertz CT molecular complexity index is 434. The summed E-state index contributed by atoms with van der Waals surface area (Å²) in [7, 11) is 1.68. The van der Waals surface area contributed by atoms with E-state index in [0.29, 0.717) is 12.5 Å². The molecule has 2 N–H and O–H groups in total. The second-order valence-corrected chi connectivity index (χ2v) is 7.67. The fraction of sp³-hybridized carbons (Fsp3) is 0.889. The van der Waals surface area contributed by atoms with Gasteiger partial charge in [-0.15, -0.1) is 12.4 Å². The van der Waals surface area contributed by atoms with Gasteiger partial charge in [-0.3, -0.25) is 14.5 Å². The van der Waals surface area contributed by atoms with Gasteiger partial charge in [0, 0.05) is 32.1 Å². The van der Waals surface area contributed by atoms with Gasteiger partial charge in [0.05, 0.1) is 6.54 Å². The molecule has 5 nitrogen and oxygen atoms in total. The van der Waals surface area contributed by atoms with Gasteiger partial charge in [-0.25, -0.2) is 0 Å². The van der Waals surface area contributed by atoms with Gasteiger partial charge in [-0.2, -0.15) is 0 Å². The molecule has 24 heavy (non-hydrogen) atoms. The minimum Gasteiger partial charge on any atom is -0.358 e. The first kappa shape index (κ1) is 19.5. The van der Waals surface area contributed by atoms with Gasteiger partial charge in [-0.1, -0.05) is 25.7 Å². The number of rotatable bonds is 5. The van der Waals surface area contributed by atoms with Crippen molar-refractivity contribution in [2.75, 3.05) is 26.7 Å². The maximum absolute atomic E-state index is 12.7. The molecule has 1 heterocycles. The molecule has 0 radical (unpaired) electrons. The number of amides is 2. The summed E-state index contributed by atoms with van der Waals surface area (Å²) in [6.45, 7) is 2.23. The van der Waals surface area contributed by atoms with Crippen LogP contribution in [-0.2, 0) is 9.59 Å². The lowest BCUT2D eigenvalue weighted by Crippen LogP contribution is -2.44. The molecular formula is C18H32ClN3O2. The molecule has 1 aliphatic heterocycles. The number of likely N-dealkylation sites (tertiary alicyclic amines) is 1. The number of hydrogen-bond acceptors (Lipinski definition) is 3. The molecular weight excluding hydrogens is 326 g/mol. The number of nitrogens with zero attached hydrogens (tertiary/aromatic N) is 1. The van der Waals surface area contributed by atoms with Crippen LogP contribution in [0.15, 0.2) is 0 Å². The fourth-order valence-corrected chi connectivity index (χ4v) is 4.32. The van der Waals surface area contributed by atoms with E-state index in [2.05, 4.69) is 15.5 Å². The van der Waals surface area contributed by atoms with Crippen LogP contribution >= 0.6 is 12.4 Å². The second-order valence-electron chi connectivity index (χ2n) is 7.67. The van der Waals surface area contributed by atoms with Gasteiger partial charge in [-0.05, 0) is 37.5 Å². The molecule has 0 aromatic carbocycles. The van der Waals surface area contributed by atoms with Crippen molar-refractivity contribution in [1.82, 2.24) is 15.5 Å². The molecule has 2 saturated carbocycles. The summed E-state index contributed by atoms with van der Waals surface area (Å²) in [5.41, 5.74) is 0. The second kappa shape index (κ2) is 9.04. The van der Waals surface area contributed by atoms with Crippen LogP contribution in [0.2, 0.25) is 0 Å². The summed E-state index contributed by atoms with van der Waals surface area (Å²) in [5, 5.41) is 6.05. The molecule has 2 amide bonds. The van der Waals surface area contributed by atoms with E-state index in [1.165, 1.54) is 38.5 Å². The Hall–Kier alpha value is -0.810. The maximum atomic E-state index is 12.7. The van der Waals surface area contributed by atoms with Gasteiger partial charge in [0.1, 0.15) is 0 Å². The van der Waals surface area contributed by atoms with Crippen LogP contribution in [0.4, 0.5) is 0 Å². The predicted molar refractivity (Wildman–Crippen MR) is 97.1 cm³/mol. The largest absolute Gasteiger partial charge is 0.358 e. The molecule has 1 saturated heterocycles. The molecule has 0 aromatic heterocycles. The standard InChI is InChI=1S/C18H31N3O2.ClH/c1-19-17(22)12-21-10-15(13-8-9-13)16(11-21)20-18(23)14-6-4-2-3-5-7-14;/h13-16H,2-12H2,1H3,(H,19,22)(H,20,23);1H/t15-,16+;/m1./s1. The Kier molecular flexibility index (Phi) is 7.35. The molecule has 0 spiro atoms. The van der Waals surface area contributed by atoms with Crippen molar-refractivity contribution in [3.8, 4) is 0 Å². The monoisotopic (exact) mass is 357 g/mol. The number of likely N-dealkylation sites (N-methyl/N-ethyl adjacent to an activating group) is 1. The SMILES string of the molecule is CNC(=O)CN1C[C@H](NC(=O)C2CCCCCC2)[C@@H](C2CC2)C1.Cl. The summed E-state index contributed by atoms with van der Waals surface area (Å²) >= 11 is 0. The Labute approximate surface area is 151 Å². The van der Waals surface area contributed by atoms with E-state index in [9.17, 15) is 9.59 Å². The van der Waals surface area contributed by atoms with Crippen molar-refractivity contribution in [2.45, 2.75) is 57.4 Å². The molecule has 2 atom stereocenters. The Morgan fingerprint density at radius 1 is 1.00 bits per heavy atom. The lowest BCUT2D eigenvalue weighted by Gasteiger charge is -2.23. The molecule has 0 aromatic rings. The van der Waals surface area contributed by atoms with E-state index in [4.69, 9.17) is 0 Å². The van der Waals surface area contributed by atoms with Crippen molar-refractivity contribution in [1.29, 1.82) is 0 Å². The number of nitrogens with one attached hydrogen (secondary N) is 2. The van der Waals surface area contributed by atoms with Crippen LogP contribution in [0.25, 0.3) is 0 Å². The first-order valence-corrected chi connectivity index (χ1v) is 9.40. The lowest BCUT2D eigenvalue weighted by molar-refractivity contribution is -0.126. The lowest BCUT2D eigenvalue weighted by atomic mass is 9.95. The molecule has 0 bridgehead atoms. The zero-order valence-corrected chi connectivity index (χ0v) is 15.6. The molecule has 3 fully saturated rings. The molecule has 6 heteroatoms. The van der Waals surface area contributed by atoms with Crippen LogP contribution < -0.4 is 10.6 Å². The van der Waals surface area contributed by atoms with Crippen molar-refractivity contribution >= 4 is 24.2 Å². The van der Waals surface area contributed by atoms with Crippen LogP contribution in [-0.4, -0.2) is 49.4 Å². The van der Waals surface area contributed by atoms with E-state index in [0.717, 1.165) is 31.8 Å². The van der Waals surface area contributed by atoms with Crippen LogP contribution in [0.3, 0.4) is 0 Å². The summed E-state index contributed by atoms with van der Waals surface area (Å²) in [5.74, 6) is 1.84. The van der Waals surface area contributed by atoms with E-state index < -0.39 is 0 Å². The molecule has 3 aliphatic rings. The van der Waals surface area contributed by atoms with Gasteiger partial charge in [0.25, 0.3) is 0 Å². The van der Waals surface area contributed by atoms with E-state index in [1.54, 1.807) is 7.05 Å². The van der Waals surface area contributed by atoms with E-state index in [-0.39, 0.29) is 36.2 Å². The maximum Gasteiger partial charge on any atom is 0.233 e. The third-order valence-electron chi connectivity index (χ3n) is 5.87. The predicted octanol–water partition coefficient (Wildman–Crippen LogP) is 1.95. The summed E-state index contributed by atoms with van der Waals surface area (Å²) in [6.07, 6.45) is 9.61. The average molecular weight is 358 g/mol. The van der Waals surface area contributed by atoms with Crippen LogP contribution in [0.5, 0.6) is 0 Å². The van der Waals surface area contributed by atoms with Gasteiger partial charge < -0.3 is 10.6 Å². The highest BCUT2D eigenvalue weighted by molar-refractivity contribution is 5.85. The van der Waals surface area contributed by atoms with Crippen molar-refractivity contribution in [3.63, 3.8) is 0 Å². The number of hydrogen-bond donors (Lipinski definition) is 2. The van der Waals surface area contributed by atoms with E-state index >= 15 is 0 Å². The average Bonchev–Trinajstić information content (AvgIpc) is 3.34. The zero-order chi connectivity index (χ0) is 16.2.